The van der Waals surface area contributed by atoms with Crippen molar-refractivity contribution in [3.8, 4) is 0 Å². The van der Waals surface area contributed by atoms with Crippen LogP contribution in [0.3, 0.4) is 0 Å². The van der Waals surface area contributed by atoms with E-state index in [9.17, 15) is 21.6 Å². The van der Waals surface area contributed by atoms with Gasteiger partial charge in [-0.2, -0.15) is 13.2 Å². The van der Waals surface area contributed by atoms with Gasteiger partial charge in [0, 0.05) is 15.6 Å². The lowest BCUT2D eigenvalue weighted by Gasteiger charge is -2.12. The summed E-state index contributed by atoms with van der Waals surface area (Å²) >= 11 is 7.05. The summed E-state index contributed by atoms with van der Waals surface area (Å²) in [6, 6.07) is 8.16. The number of thioether (sulfide) groups is 1. The molecule has 23 heavy (non-hydrogen) atoms. The van der Waals surface area contributed by atoms with Crippen LogP contribution in [-0.4, -0.2) is 14.7 Å². The van der Waals surface area contributed by atoms with E-state index in [2.05, 4.69) is 4.72 Å². The summed E-state index contributed by atoms with van der Waals surface area (Å²) in [7, 11) is -3.96. The number of anilines is 1. The number of sulfonamides is 1. The van der Waals surface area contributed by atoms with Gasteiger partial charge >= 0.3 is 6.18 Å². The third-order valence-electron chi connectivity index (χ3n) is 2.88. The number of halogens is 4. The molecule has 0 heterocycles. The SMILES string of the molecule is CSc1ccc(Cl)cc1S(=O)(=O)Nc1ccc(C(F)(F)F)cc1. The predicted molar refractivity (Wildman–Crippen MR) is 85.5 cm³/mol. The number of nitrogens with one attached hydrogen (secondary N) is 1. The van der Waals surface area contributed by atoms with Crippen LogP contribution in [0, 0.1) is 0 Å². The molecule has 0 spiro atoms. The number of benzene rings is 2. The molecule has 2 rings (SSSR count). The van der Waals surface area contributed by atoms with Crippen LogP contribution in [0.1, 0.15) is 5.56 Å². The molecule has 0 saturated carbocycles. The van der Waals surface area contributed by atoms with Crippen molar-refractivity contribution >= 4 is 39.1 Å². The van der Waals surface area contributed by atoms with E-state index in [0.717, 1.165) is 24.3 Å². The molecule has 9 heteroatoms. The third-order valence-corrected chi connectivity index (χ3v) is 5.46. The van der Waals surface area contributed by atoms with Gasteiger partial charge in [0.25, 0.3) is 10.0 Å². The van der Waals surface area contributed by atoms with Gasteiger partial charge in [-0.05, 0) is 48.7 Å². The van der Waals surface area contributed by atoms with Crippen molar-refractivity contribution in [2.24, 2.45) is 0 Å². The highest BCUT2D eigenvalue weighted by atomic mass is 35.5. The first-order valence-electron chi connectivity index (χ1n) is 6.17. The second-order valence-electron chi connectivity index (χ2n) is 4.48. The summed E-state index contributed by atoms with van der Waals surface area (Å²) in [6.07, 6.45) is -2.77. The van der Waals surface area contributed by atoms with Gasteiger partial charge in [-0.25, -0.2) is 8.42 Å². The Morgan fingerprint density at radius 3 is 2.22 bits per heavy atom. The fourth-order valence-electron chi connectivity index (χ4n) is 1.80. The zero-order chi connectivity index (χ0) is 17.3. The first kappa shape index (κ1) is 18.0. The molecule has 0 aliphatic carbocycles. The van der Waals surface area contributed by atoms with Crippen LogP contribution in [-0.2, 0) is 16.2 Å². The van der Waals surface area contributed by atoms with E-state index in [-0.39, 0.29) is 15.6 Å². The largest absolute Gasteiger partial charge is 0.416 e. The molecule has 0 amide bonds. The molecule has 0 bridgehead atoms. The quantitative estimate of drug-likeness (QED) is 0.767. The smallest absolute Gasteiger partial charge is 0.280 e. The maximum absolute atomic E-state index is 12.5. The fraction of sp³-hybridized carbons (Fsp3) is 0.143. The van der Waals surface area contributed by atoms with Gasteiger partial charge in [0.1, 0.15) is 4.90 Å². The first-order chi connectivity index (χ1) is 10.6. The molecule has 1 N–H and O–H groups in total. The van der Waals surface area contributed by atoms with Gasteiger partial charge in [0.2, 0.25) is 0 Å². The third kappa shape index (κ3) is 4.33. The summed E-state index contributed by atoms with van der Waals surface area (Å²) in [5.74, 6) is 0. The molecule has 0 fully saturated rings. The minimum atomic E-state index is -4.48. The van der Waals surface area contributed by atoms with Crippen LogP contribution >= 0.6 is 23.4 Å². The second kappa shape index (κ2) is 6.62. The Balaban J connectivity index is 2.34. The van der Waals surface area contributed by atoms with E-state index < -0.39 is 21.8 Å². The maximum Gasteiger partial charge on any atom is 0.416 e. The Hall–Kier alpha value is -1.38. The maximum atomic E-state index is 12.5. The Kier molecular flexibility index (Phi) is 5.17. The standard InChI is InChI=1S/C14H11ClF3NO2S2/c1-22-12-7-4-10(15)8-13(12)23(20,21)19-11-5-2-9(3-6-11)14(16,17)18/h2-8,19H,1H3. The van der Waals surface area contributed by atoms with Crippen LogP contribution in [0.4, 0.5) is 18.9 Å². The van der Waals surface area contributed by atoms with E-state index in [1.165, 1.54) is 17.8 Å². The van der Waals surface area contributed by atoms with Gasteiger partial charge in [-0.3, -0.25) is 4.72 Å². The number of alkyl halides is 3. The van der Waals surface area contributed by atoms with Crippen LogP contribution in [0.25, 0.3) is 0 Å². The molecule has 124 valence electrons. The van der Waals surface area contributed by atoms with Gasteiger partial charge in [0.05, 0.1) is 5.56 Å². The highest BCUT2D eigenvalue weighted by Crippen LogP contribution is 2.32. The van der Waals surface area contributed by atoms with E-state index in [1.54, 1.807) is 18.4 Å². The van der Waals surface area contributed by atoms with Crippen molar-refractivity contribution in [3.05, 3.63) is 53.1 Å². The highest BCUT2D eigenvalue weighted by molar-refractivity contribution is 7.99. The molecule has 0 saturated heterocycles. The lowest BCUT2D eigenvalue weighted by atomic mass is 10.2. The molecule has 0 aromatic heterocycles. The van der Waals surface area contributed by atoms with Crippen molar-refractivity contribution in [2.75, 3.05) is 11.0 Å². The van der Waals surface area contributed by atoms with Crippen LogP contribution in [0.2, 0.25) is 5.02 Å². The Bertz CT molecular complexity index is 806. The molecule has 0 aliphatic rings. The van der Waals surface area contributed by atoms with Gasteiger partial charge < -0.3 is 0 Å². The zero-order valence-corrected chi connectivity index (χ0v) is 14.1. The molecule has 0 aliphatic heterocycles. The average Bonchev–Trinajstić information content (AvgIpc) is 2.46. The zero-order valence-electron chi connectivity index (χ0n) is 11.7. The summed E-state index contributed by atoms with van der Waals surface area (Å²) in [6.45, 7) is 0. The summed E-state index contributed by atoms with van der Waals surface area (Å²) in [5.41, 5.74) is -0.821. The number of hydrogen-bond acceptors (Lipinski definition) is 3. The number of hydrogen-bond donors (Lipinski definition) is 1. The van der Waals surface area contributed by atoms with E-state index >= 15 is 0 Å². The minimum Gasteiger partial charge on any atom is -0.280 e. The van der Waals surface area contributed by atoms with E-state index in [1.807, 2.05) is 0 Å². The van der Waals surface area contributed by atoms with E-state index in [0.29, 0.717) is 4.90 Å². The molecule has 2 aromatic rings. The van der Waals surface area contributed by atoms with Crippen molar-refractivity contribution in [1.82, 2.24) is 0 Å². The molecule has 0 atom stereocenters. The first-order valence-corrected chi connectivity index (χ1v) is 9.26. The van der Waals surface area contributed by atoms with Crippen molar-refractivity contribution in [3.63, 3.8) is 0 Å². The lowest BCUT2D eigenvalue weighted by molar-refractivity contribution is -0.137. The minimum absolute atomic E-state index is 0.0302. The van der Waals surface area contributed by atoms with Crippen molar-refractivity contribution in [1.29, 1.82) is 0 Å². The van der Waals surface area contributed by atoms with Gasteiger partial charge in [0.15, 0.2) is 0 Å². The monoisotopic (exact) mass is 381 g/mol. The molecule has 0 unspecified atom stereocenters. The molecule has 0 radical (unpaired) electrons. The van der Waals surface area contributed by atoms with Gasteiger partial charge in [-0.1, -0.05) is 11.6 Å². The molecular formula is C14H11ClF3NO2S2. The van der Waals surface area contributed by atoms with Gasteiger partial charge in [-0.15, -0.1) is 11.8 Å². The van der Waals surface area contributed by atoms with Crippen LogP contribution < -0.4 is 4.72 Å². The normalized spacial score (nSPS) is 12.2. The summed E-state index contributed by atoms with van der Waals surface area (Å²) in [4.78, 5) is 0.450. The fourth-order valence-corrected chi connectivity index (χ4v) is 4.25. The van der Waals surface area contributed by atoms with Crippen LogP contribution in [0.5, 0.6) is 0 Å². The number of rotatable bonds is 4. The highest BCUT2D eigenvalue weighted by Gasteiger charge is 2.30. The topological polar surface area (TPSA) is 46.2 Å². The second-order valence-corrected chi connectivity index (χ2v) is 7.41. The Labute approximate surface area is 140 Å². The van der Waals surface area contributed by atoms with Crippen molar-refractivity contribution in [2.45, 2.75) is 16.0 Å². The average molecular weight is 382 g/mol. The predicted octanol–water partition coefficient (Wildman–Crippen LogP) is 4.88. The Morgan fingerprint density at radius 1 is 1.09 bits per heavy atom. The molecule has 2 aromatic carbocycles. The summed E-state index contributed by atoms with van der Waals surface area (Å²) < 4.78 is 64.6. The van der Waals surface area contributed by atoms with Crippen LogP contribution in [0.15, 0.2) is 52.3 Å². The van der Waals surface area contributed by atoms with Crippen molar-refractivity contribution < 1.29 is 21.6 Å². The lowest BCUT2D eigenvalue weighted by Crippen LogP contribution is -2.14. The summed E-state index contributed by atoms with van der Waals surface area (Å²) in [5, 5.41) is 0.246. The molecule has 3 nitrogen and oxygen atoms in total. The van der Waals surface area contributed by atoms with E-state index in [4.69, 9.17) is 11.6 Å². The Morgan fingerprint density at radius 2 is 1.70 bits per heavy atom. The molecular weight excluding hydrogens is 371 g/mol.